The Bertz CT molecular complexity index is 1100. The summed E-state index contributed by atoms with van der Waals surface area (Å²) >= 11 is 18.5. The van der Waals surface area contributed by atoms with Crippen molar-refractivity contribution in [1.29, 1.82) is 0 Å². The van der Waals surface area contributed by atoms with Crippen molar-refractivity contribution in [2.75, 3.05) is 25.0 Å². The highest BCUT2D eigenvalue weighted by atomic mass is 35.5. The van der Waals surface area contributed by atoms with E-state index in [4.69, 9.17) is 44.3 Å². The second-order valence-electron chi connectivity index (χ2n) is 7.88. The third-order valence-corrected chi connectivity index (χ3v) is 4.99. The van der Waals surface area contributed by atoms with Gasteiger partial charge in [-0.2, -0.15) is 4.98 Å². The average Bonchev–Trinajstić information content (AvgIpc) is 3.00. The van der Waals surface area contributed by atoms with Gasteiger partial charge in [-0.15, -0.1) is 0 Å². The van der Waals surface area contributed by atoms with Crippen LogP contribution in [-0.4, -0.2) is 46.3 Å². The molecule has 0 saturated heterocycles. The highest BCUT2D eigenvalue weighted by molar-refractivity contribution is 6.33. The predicted molar refractivity (Wildman–Crippen MR) is 127 cm³/mol. The van der Waals surface area contributed by atoms with Gasteiger partial charge in [0.25, 0.3) is 0 Å². The van der Waals surface area contributed by atoms with Crippen LogP contribution in [0.25, 0.3) is 10.9 Å². The second kappa shape index (κ2) is 10.5. The Morgan fingerprint density at radius 2 is 1.88 bits per heavy atom. The van der Waals surface area contributed by atoms with Crippen LogP contribution >= 0.6 is 34.8 Å². The van der Waals surface area contributed by atoms with E-state index in [2.05, 4.69) is 25.6 Å². The van der Waals surface area contributed by atoms with Gasteiger partial charge in [0.2, 0.25) is 5.28 Å². The van der Waals surface area contributed by atoms with E-state index in [1.165, 1.54) is 0 Å². The zero-order valence-electron chi connectivity index (χ0n) is 17.9. The summed E-state index contributed by atoms with van der Waals surface area (Å²) in [6, 6.07) is 7.89. The van der Waals surface area contributed by atoms with Gasteiger partial charge in [0.05, 0.1) is 6.54 Å². The number of carbonyl (C=O) groups excluding carboxylic acids is 1. The van der Waals surface area contributed by atoms with Crippen LogP contribution < -0.4 is 15.4 Å². The second-order valence-corrected chi connectivity index (χ2v) is 8.95. The molecule has 0 aliphatic rings. The number of benzene rings is 1. The van der Waals surface area contributed by atoms with Crippen LogP contribution in [0.2, 0.25) is 15.6 Å². The molecule has 0 unspecified atom stereocenters. The molecule has 0 spiro atoms. The number of hydrogen-bond acceptors (Lipinski definition) is 6. The molecule has 3 aromatic rings. The molecule has 1 amide bonds. The molecule has 0 saturated carbocycles. The fourth-order valence-electron chi connectivity index (χ4n) is 2.98. The van der Waals surface area contributed by atoms with Gasteiger partial charge in [-0.25, -0.2) is 9.78 Å². The van der Waals surface area contributed by atoms with Crippen LogP contribution in [-0.2, 0) is 11.2 Å². The van der Waals surface area contributed by atoms with Crippen LogP contribution in [0.1, 0.15) is 26.3 Å². The summed E-state index contributed by atoms with van der Waals surface area (Å²) < 4.78 is 10.9. The molecule has 0 radical (unpaired) electrons. The van der Waals surface area contributed by atoms with E-state index in [1.807, 2.05) is 24.3 Å². The Morgan fingerprint density at radius 3 is 2.62 bits per heavy atom. The van der Waals surface area contributed by atoms with Crippen LogP contribution in [0.3, 0.4) is 0 Å². The van der Waals surface area contributed by atoms with Crippen LogP contribution in [0.5, 0.6) is 5.75 Å². The van der Waals surface area contributed by atoms with Gasteiger partial charge in [0.1, 0.15) is 17.4 Å². The summed E-state index contributed by atoms with van der Waals surface area (Å²) in [6.45, 7) is 6.20. The Balaban J connectivity index is 1.60. The number of para-hydroxylation sites is 1. The fourth-order valence-corrected chi connectivity index (χ4v) is 3.72. The molecule has 0 aliphatic carbocycles. The van der Waals surface area contributed by atoms with Crippen molar-refractivity contribution in [3.8, 4) is 5.75 Å². The van der Waals surface area contributed by atoms with Crippen molar-refractivity contribution in [1.82, 2.24) is 20.3 Å². The van der Waals surface area contributed by atoms with E-state index in [-0.39, 0.29) is 29.3 Å². The van der Waals surface area contributed by atoms with E-state index in [0.29, 0.717) is 23.9 Å². The van der Waals surface area contributed by atoms with Crippen LogP contribution in [0, 0.1) is 0 Å². The summed E-state index contributed by atoms with van der Waals surface area (Å²) in [4.78, 5) is 23.0. The molecule has 0 aliphatic heterocycles. The molecule has 2 aromatic heterocycles. The SMILES string of the molecule is CC(C)(C)OC(=O)NCCOc1c(Cl)nc(Cl)nc1NCCc1c(Cl)[nH]c2ccccc12. The Hall–Kier alpha value is -2.42. The lowest BCUT2D eigenvalue weighted by atomic mass is 10.1. The monoisotopic (exact) mass is 499 g/mol. The maximum Gasteiger partial charge on any atom is 0.407 e. The first-order chi connectivity index (χ1) is 15.1. The molecule has 0 fully saturated rings. The quantitative estimate of drug-likeness (QED) is 0.215. The molecule has 1 aromatic carbocycles. The number of anilines is 1. The lowest BCUT2D eigenvalue weighted by molar-refractivity contribution is 0.0520. The number of ether oxygens (including phenoxy) is 2. The van der Waals surface area contributed by atoms with Crippen molar-refractivity contribution in [3.05, 3.63) is 45.4 Å². The molecule has 172 valence electrons. The Morgan fingerprint density at radius 1 is 1.12 bits per heavy atom. The summed E-state index contributed by atoms with van der Waals surface area (Å²) in [5, 5.41) is 7.49. The highest BCUT2D eigenvalue weighted by Gasteiger charge is 2.17. The summed E-state index contributed by atoms with van der Waals surface area (Å²) in [6.07, 6.45) is 0.0929. The van der Waals surface area contributed by atoms with Gasteiger partial charge in [-0.05, 0) is 50.4 Å². The molecule has 3 N–H and O–H groups in total. The predicted octanol–water partition coefficient (Wildman–Crippen LogP) is 5.48. The number of amides is 1. The number of aromatic nitrogens is 3. The lowest BCUT2D eigenvalue weighted by Gasteiger charge is -2.19. The Labute approximate surface area is 201 Å². The summed E-state index contributed by atoms with van der Waals surface area (Å²) in [5.74, 6) is 0.593. The van der Waals surface area contributed by atoms with Gasteiger partial charge in [0.15, 0.2) is 16.7 Å². The summed E-state index contributed by atoms with van der Waals surface area (Å²) in [7, 11) is 0. The molecule has 8 nitrogen and oxygen atoms in total. The van der Waals surface area contributed by atoms with E-state index >= 15 is 0 Å². The van der Waals surface area contributed by atoms with Gasteiger partial charge < -0.3 is 25.1 Å². The van der Waals surface area contributed by atoms with Gasteiger partial charge >= 0.3 is 6.09 Å². The van der Waals surface area contributed by atoms with E-state index in [1.54, 1.807) is 20.8 Å². The maximum atomic E-state index is 11.7. The van der Waals surface area contributed by atoms with Crippen molar-refractivity contribution in [2.45, 2.75) is 32.8 Å². The first-order valence-corrected chi connectivity index (χ1v) is 11.1. The molecular weight excluding hydrogens is 477 g/mol. The standard InChI is InChI=1S/C21H24Cl3N5O3/c1-21(2,3)32-20(30)26-10-11-31-15-17(23)28-19(24)29-18(15)25-9-8-13-12-6-4-5-7-14(12)27-16(13)22/h4-7,27H,8-11H2,1-3H3,(H,26,30)(H,25,28,29). The highest BCUT2D eigenvalue weighted by Crippen LogP contribution is 2.32. The fraction of sp³-hybridized carbons (Fsp3) is 0.381. The Kier molecular flexibility index (Phi) is 7.92. The lowest BCUT2D eigenvalue weighted by Crippen LogP contribution is -2.34. The van der Waals surface area contributed by atoms with E-state index in [9.17, 15) is 4.79 Å². The van der Waals surface area contributed by atoms with Crippen molar-refractivity contribution < 1.29 is 14.3 Å². The first kappa shape index (κ1) is 24.2. The van der Waals surface area contributed by atoms with Crippen LogP contribution in [0.15, 0.2) is 24.3 Å². The zero-order valence-corrected chi connectivity index (χ0v) is 20.2. The minimum absolute atomic E-state index is 0.0122. The first-order valence-electron chi connectivity index (χ1n) is 9.95. The minimum atomic E-state index is -0.580. The van der Waals surface area contributed by atoms with E-state index in [0.717, 1.165) is 16.5 Å². The summed E-state index contributed by atoms with van der Waals surface area (Å²) in [5.41, 5.74) is 1.38. The van der Waals surface area contributed by atoms with Crippen molar-refractivity contribution in [2.24, 2.45) is 0 Å². The number of alkyl carbamates (subject to hydrolysis) is 1. The topological polar surface area (TPSA) is 101 Å². The zero-order chi connectivity index (χ0) is 23.3. The molecule has 0 bridgehead atoms. The maximum absolute atomic E-state index is 11.7. The van der Waals surface area contributed by atoms with E-state index < -0.39 is 11.7 Å². The molecular formula is C21H24Cl3N5O3. The minimum Gasteiger partial charge on any atom is -0.485 e. The van der Waals surface area contributed by atoms with Gasteiger partial charge in [-0.1, -0.05) is 41.4 Å². The van der Waals surface area contributed by atoms with Crippen molar-refractivity contribution >= 4 is 57.6 Å². The molecule has 2 heterocycles. The molecule has 0 atom stereocenters. The smallest absolute Gasteiger partial charge is 0.407 e. The van der Waals surface area contributed by atoms with Gasteiger partial charge in [-0.3, -0.25) is 0 Å². The normalized spacial score (nSPS) is 11.4. The van der Waals surface area contributed by atoms with Gasteiger partial charge in [0, 0.05) is 17.4 Å². The molecule has 3 rings (SSSR count). The number of nitrogens with zero attached hydrogens (tertiary/aromatic N) is 2. The number of nitrogens with one attached hydrogen (secondary N) is 3. The average molecular weight is 501 g/mol. The third kappa shape index (κ3) is 6.54. The number of fused-ring (bicyclic) bond motifs is 1. The number of carbonyl (C=O) groups is 1. The van der Waals surface area contributed by atoms with Crippen molar-refractivity contribution in [3.63, 3.8) is 0 Å². The largest absolute Gasteiger partial charge is 0.485 e. The number of H-pyrrole nitrogens is 1. The molecule has 11 heteroatoms. The number of aromatic amines is 1. The third-order valence-electron chi connectivity index (χ3n) is 4.24. The molecule has 32 heavy (non-hydrogen) atoms. The number of hydrogen-bond donors (Lipinski definition) is 3. The number of halogens is 3. The number of rotatable bonds is 8. The van der Waals surface area contributed by atoms with Crippen LogP contribution in [0.4, 0.5) is 10.6 Å².